The zero-order valence-electron chi connectivity index (χ0n) is 7.78. The van der Waals surface area contributed by atoms with Gasteiger partial charge in [0.2, 0.25) is 0 Å². The van der Waals surface area contributed by atoms with Crippen LogP contribution in [0.3, 0.4) is 0 Å². The summed E-state index contributed by atoms with van der Waals surface area (Å²) in [5.74, 6) is -0.214. The predicted octanol–water partition coefficient (Wildman–Crippen LogP) is 3.16. The maximum atomic E-state index is 11.8. The molecule has 2 rings (SSSR count). The van der Waals surface area contributed by atoms with Gasteiger partial charge in [0.15, 0.2) is 5.78 Å². The molecule has 0 aliphatic carbocycles. The molecular weight excluding hydrogens is 289 g/mol. The maximum Gasteiger partial charge on any atom is 0.307 e. The summed E-state index contributed by atoms with van der Waals surface area (Å²) in [7, 11) is 0. The van der Waals surface area contributed by atoms with Crippen LogP contribution in [0.4, 0.5) is 0 Å². The Kier molecular flexibility index (Phi) is 3.49. The quantitative estimate of drug-likeness (QED) is 0.816. The van der Waals surface area contributed by atoms with Crippen LogP contribution in [0.15, 0.2) is 22.4 Å². The molecule has 0 spiro atoms. The molecule has 2 aromatic rings. The summed E-state index contributed by atoms with van der Waals surface area (Å²) >= 11 is 13.8. The first-order chi connectivity index (χ1) is 7.58. The fourth-order valence-electron chi connectivity index (χ4n) is 1.18. The molecule has 0 saturated heterocycles. The Bertz CT molecular complexity index is 584. The highest BCUT2D eigenvalue weighted by Gasteiger charge is 2.15. The van der Waals surface area contributed by atoms with Gasteiger partial charge in [0, 0.05) is 11.6 Å². The van der Waals surface area contributed by atoms with E-state index in [0.717, 1.165) is 22.7 Å². The molecule has 0 aliphatic heterocycles. The third-order valence-corrected chi connectivity index (χ3v) is 4.10. The molecule has 7 heteroatoms. The van der Waals surface area contributed by atoms with Crippen LogP contribution in [-0.4, -0.2) is 10.4 Å². The van der Waals surface area contributed by atoms with E-state index >= 15 is 0 Å². The van der Waals surface area contributed by atoms with Crippen LogP contribution in [0.2, 0.25) is 8.67 Å². The van der Waals surface area contributed by atoms with Gasteiger partial charge in [0.25, 0.3) is 0 Å². The zero-order valence-corrected chi connectivity index (χ0v) is 10.9. The molecule has 0 saturated carbocycles. The summed E-state index contributed by atoms with van der Waals surface area (Å²) < 4.78 is 2.17. The van der Waals surface area contributed by atoms with Crippen molar-refractivity contribution < 1.29 is 4.79 Å². The first-order valence-corrected chi connectivity index (χ1v) is 6.65. The minimum Gasteiger partial charge on any atom is -0.298 e. The van der Waals surface area contributed by atoms with Gasteiger partial charge >= 0.3 is 4.87 Å². The van der Waals surface area contributed by atoms with Crippen molar-refractivity contribution in [2.75, 3.05) is 0 Å². The van der Waals surface area contributed by atoms with Crippen LogP contribution in [0, 0.1) is 0 Å². The molecule has 0 fully saturated rings. The molecule has 0 N–H and O–H groups in total. The first-order valence-electron chi connectivity index (χ1n) is 4.20. The average molecular weight is 294 g/mol. The van der Waals surface area contributed by atoms with E-state index in [0.29, 0.717) is 14.2 Å². The van der Waals surface area contributed by atoms with Crippen molar-refractivity contribution in [2.24, 2.45) is 0 Å². The van der Waals surface area contributed by atoms with E-state index in [1.165, 1.54) is 10.6 Å². The Balaban J connectivity index is 2.24. The van der Waals surface area contributed by atoms with Crippen molar-refractivity contribution in [1.82, 2.24) is 4.57 Å². The summed E-state index contributed by atoms with van der Waals surface area (Å²) in [6.45, 7) is -0.00485. The molecule has 0 bridgehead atoms. The second kappa shape index (κ2) is 4.71. The first kappa shape index (κ1) is 11.9. The van der Waals surface area contributed by atoms with Gasteiger partial charge in [-0.3, -0.25) is 14.2 Å². The fourth-order valence-corrected chi connectivity index (χ4v) is 3.26. The normalized spacial score (nSPS) is 10.6. The minimum atomic E-state index is -0.214. The molecule has 0 radical (unpaired) electrons. The second-order valence-corrected chi connectivity index (χ2v) is 6.10. The van der Waals surface area contributed by atoms with Crippen LogP contribution < -0.4 is 4.87 Å². The summed E-state index contributed by atoms with van der Waals surface area (Å²) in [4.78, 5) is 22.9. The largest absolute Gasteiger partial charge is 0.307 e. The van der Waals surface area contributed by atoms with Gasteiger partial charge in [-0.2, -0.15) is 0 Å². The number of carbonyl (C=O) groups excluding carboxylic acids is 1. The summed E-state index contributed by atoms with van der Waals surface area (Å²) in [6.07, 6.45) is 1.58. The Morgan fingerprint density at radius 3 is 2.69 bits per heavy atom. The number of ketones is 1. The Morgan fingerprint density at radius 1 is 1.44 bits per heavy atom. The number of hydrogen-bond donors (Lipinski definition) is 0. The average Bonchev–Trinajstić information content (AvgIpc) is 2.74. The highest BCUT2D eigenvalue weighted by molar-refractivity contribution is 7.20. The number of aromatic nitrogens is 1. The van der Waals surface area contributed by atoms with Crippen LogP contribution in [0.1, 0.15) is 10.4 Å². The lowest BCUT2D eigenvalue weighted by molar-refractivity contribution is 0.0972. The van der Waals surface area contributed by atoms with Crippen molar-refractivity contribution in [1.29, 1.82) is 0 Å². The predicted molar refractivity (Wildman–Crippen MR) is 67.2 cm³/mol. The molecule has 0 amide bonds. The van der Waals surface area contributed by atoms with Gasteiger partial charge in [0.1, 0.15) is 4.34 Å². The summed E-state index contributed by atoms with van der Waals surface area (Å²) in [5, 5.41) is 1.64. The molecule has 0 aromatic carbocycles. The van der Waals surface area contributed by atoms with Gasteiger partial charge in [0.05, 0.1) is 16.4 Å². The maximum absolute atomic E-state index is 11.8. The number of nitrogens with zero attached hydrogens (tertiary/aromatic N) is 1. The van der Waals surface area contributed by atoms with Crippen molar-refractivity contribution in [3.63, 3.8) is 0 Å². The molecule has 0 atom stereocenters. The monoisotopic (exact) mass is 293 g/mol. The van der Waals surface area contributed by atoms with Gasteiger partial charge in [-0.05, 0) is 6.07 Å². The number of Topliss-reactive ketones (excluding diaryl/α,β-unsaturated/α-hetero) is 1. The van der Waals surface area contributed by atoms with E-state index in [1.54, 1.807) is 11.6 Å². The van der Waals surface area contributed by atoms with Crippen molar-refractivity contribution >= 4 is 51.7 Å². The molecule has 2 heterocycles. The van der Waals surface area contributed by atoms with Crippen LogP contribution in [0.5, 0.6) is 0 Å². The molecule has 2 aromatic heterocycles. The molecule has 0 unspecified atom stereocenters. The van der Waals surface area contributed by atoms with Gasteiger partial charge in [-0.1, -0.05) is 34.5 Å². The molecular formula is C9H5Cl2NO2S2. The lowest BCUT2D eigenvalue weighted by atomic mass is 10.2. The number of rotatable bonds is 3. The number of carbonyl (C=O) groups is 1. The van der Waals surface area contributed by atoms with Gasteiger partial charge in [-0.15, -0.1) is 11.3 Å². The molecule has 84 valence electrons. The van der Waals surface area contributed by atoms with Crippen molar-refractivity contribution in [3.05, 3.63) is 41.5 Å². The number of thiophene rings is 1. The fraction of sp³-hybridized carbons (Fsp3) is 0.111. The number of thiazole rings is 1. The Labute approximate surface area is 109 Å². The van der Waals surface area contributed by atoms with E-state index in [2.05, 4.69) is 0 Å². The lowest BCUT2D eigenvalue weighted by Gasteiger charge is -1.99. The van der Waals surface area contributed by atoms with E-state index in [1.807, 2.05) is 0 Å². The smallest absolute Gasteiger partial charge is 0.298 e. The second-order valence-electron chi connectivity index (χ2n) is 2.96. The molecule has 16 heavy (non-hydrogen) atoms. The van der Waals surface area contributed by atoms with Crippen molar-refractivity contribution in [2.45, 2.75) is 6.54 Å². The van der Waals surface area contributed by atoms with Crippen LogP contribution in [-0.2, 0) is 6.54 Å². The summed E-state index contributed by atoms with van der Waals surface area (Å²) in [6, 6.07) is 1.52. The van der Waals surface area contributed by atoms with E-state index in [9.17, 15) is 9.59 Å². The van der Waals surface area contributed by atoms with E-state index < -0.39 is 0 Å². The van der Waals surface area contributed by atoms with Gasteiger partial charge < -0.3 is 0 Å². The third kappa shape index (κ3) is 2.38. The number of halogens is 2. The van der Waals surface area contributed by atoms with Crippen LogP contribution in [0.25, 0.3) is 0 Å². The SMILES string of the molecule is O=C(Cn1ccsc1=O)c1cc(Cl)sc1Cl. The Morgan fingerprint density at radius 2 is 2.19 bits per heavy atom. The Hall–Kier alpha value is -0.620. The highest BCUT2D eigenvalue weighted by Crippen LogP contribution is 2.31. The lowest BCUT2D eigenvalue weighted by Crippen LogP contribution is -2.18. The molecule has 0 aliphatic rings. The van der Waals surface area contributed by atoms with Gasteiger partial charge in [-0.25, -0.2) is 0 Å². The van der Waals surface area contributed by atoms with E-state index in [4.69, 9.17) is 23.2 Å². The number of hydrogen-bond acceptors (Lipinski definition) is 4. The topological polar surface area (TPSA) is 39.1 Å². The zero-order chi connectivity index (χ0) is 11.7. The summed E-state index contributed by atoms with van der Waals surface area (Å²) in [5.41, 5.74) is 0.370. The molecule has 3 nitrogen and oxygen atoms in total. The van der Waals surface area contributed by atoms with Crippen LogP contribution >= 0.6 is 45.9 Å². The van der Waals surface area contributed by atoms with E-state index in [-0.39, 0.29) is 17.2 Å². The minimum absolute atomic E-state index is 0.00485. The highest BCUT2D eigenvalue weighted by atomic mass is 35.5. The third-order valence-electron chi connectivity index (χ3n) is 1.92. The van der Waals surface area contributed by atoms with Crippen molar-refractivity contribution in [3.8, 4) is 0 Å². The standard InChI is InChI=1S/C9H5Cl2NO2S2/c10-7-3-5(8(11)16-7)6(13)4-12-1-2-15-9(12)14/h1-3H,4H2.